The number of piperidine rings is 3. The summed E-state index contributed by atoms with van der Waals surface area (Å²) < 4.78 is 5.93. The standard InChI is InChI=1S/C22H27N3O2/c26-22(23-19-15-24-12-8-16(19)9-13-24)21-7-6-20(27-21)17-4-3-5-18(14-17)25-10-1-2-11-25/h3-7,14,16,19H,1-2,8-13,15H2,(H,23,26)/t19-/m0/s1. The SMILES string of the molecule is O=C(N[C@H]1CN2CCC1CC2)c1ccc(-c2cccc(N3CCCC3)c2)o1. The fourth-order valence-electron chi connectivity index (χ4n) is 4.81. The van der Waals surface area contributed by atoms with E-state index in [1.165, 1.54) is 44.5 Å². The van der Waals surface area contributed by atoms with Crippen LogP contribution >= 0.6 is 0 Å². The van der Waals surface area contributed by atoms with Gasteiger partial charge in [0, 0.05) is 36.9 Å². The van der Waals surface area contributed by atoms with Crippen LogP contribution in [0, 0.1) is 5.92 Å². The third kappa shape index (κ3) is 3.36. The van der Waals surface area contributed by atoms with Crippen LogP contribution in [-0.2, 0) is 0 Å². The summed E-state index contributed by atoms with van der Waals surface area (Å²) in [6.07, 6.45) is 4.90. The van der Waals surface area contributed by atoms with Gasteiger partial charge in [0.1, 0.15) is 5.76 Å². The van der Waals surface area contributed by atoms with E-state index in [1.54, 1.807) is 6.07 Å². The Morgan fingerprint density at radius 2 is 1.85 bits per heavy atom. The molecule has 2 bridgehead atoms. The molecule has 4 aliphatic rings. The van der Waals surface area contributed by atoms with Gasteiger partial charge in [0.05, 0.1) is 0 Å². The van der Waals surface area contributed by atoms with E-state index in [4.69, 9.17) is 4.42 Å². The molecule has 1 aromatic heterocycles. The highest BCUT2D eigenvalue weighted by Gasteiger charge is 2.35. The number of hydrogen-bond acceptors (Lipinski definition) is 4. The quantitative estimate of drug-likeness (QED) is 0.902. The Morgan fingerprint density at radius 3 is 2.59 bits per heavy atom. The molecule has 5 heterocycles. The maximum Gasteiger partial charge on any atom is 0.287 e. The van der Waals surface area contributed by atoms with E-state index in [0.717, 1.165) is 31.0 Å². The highest BCUT2D eigenvalue weighted by atomic mass is 16.3. The van der Waals surface area contributed by atoms with Gasteiger partial charge in [-0.25, -0.2) is 0 Å². The van der Waals surface area contributed by atoms with Crippen molar-refractivity contribution in [1.82, 2.24) is 10.2 Å². The van der Waals surface area contributed by atoms with Crippen molar-refractivity contribution in [2.75, 3.05) is 37.6 Å². The van der Waals surface area contributed by atoms with Crippen LogP contribution in [0.15, 0.2) is 40.8 Å². The number of furan rings is 1. The van der Waals surface area contributed by atoms with Gasteiger partial charge in [-0.3, -0.25) is 4.79 Å². The second-order valence-corrected chi connectivity index (χ2v) is 8.13. The molecule has 1 aromatic carbocycles. The van der Waals surface area contributed by atoms with E-state index >= 15 is 0 Å². The van der Waals surface area contributed by atoms with Gasteiger partial charge in [-0.15, -0.1) is 0 Å². The number of nitrogens with one attached hydrogen (secondary N) is 1. The minimum absolute atomic E-state index is 0.0873. The lowest BCUT2D eigenvalue weighted by atomic mass is 9.84. The normalized spacial score (nSPS) is 27.1. The molecule has 1 N–H and O–H groups in total. The van der Waals surface area contributed by atoms with E-state index in [-0.39, 0.29) is 11.9 Å². The Balaban J connectivity index is 1.29. The van der Waals surface area contributed by atoms with Gasteiger partial charge in [-0.05, 0) is 69.0 Å². The van der Waals surface area contributed by atoms with Crippen LogP contribution < -0.4 is 10.2 Å². The molecule has 5 heteroatoms. The first kappa shape index (κ1) is 16.9. The lowest BCUT2D eigenvalue weighted by molar-refractivity contribution is 0.0606. The molecule has 0 aliphatic carbocycles. The number of rotatable bonds is 4. The predicted molar refractivity (Wildman–Crippen MR) is 106 cm³/mol. The largest absolute Gasteiger partial charge is 0.451 e. The zero-order valence-electron chi connectivity index (χ0n) is 15.7. The zero-order valence-corrected chi connectivity index (χ0v) is 15.7. The molecule has 1 amide bonds. The monoisotopic (exact) mass is 365 g/mol. The molecule has 0 spiro atoms. The second kappa shape index (κ2) is 7.04. The van der Waals surface area contributed by atoms with E-state index < -0.39 is 0 Å². The van der Waals surface area contributed by atoms with Gasteiger partial charge in [0.25, 0.3) is 5.91 Å². The minimum Gasteiger partial charge on any atom is -0.451 e. The van der Waals surface area contributed by atoms with Crippen molar-refractivity contribution in [1.29, 1.82) is 0 Å². The number of amides is 1. The maximum atomic E-state index is 12.7. The fraction of sp³-hybridized carbons (Fsp3) is 0.500. The van der Waals surface area contributed by atoms with Crippen molar-refractivity contribution in [3.63, 3.8) is 0 Å². The summed E-state index contributed by atoms with van der Waals surface area (Å²) in [5.41, 5.74) is 2.26. The number of hydrogen-bond donors (Lipinski definition) is 1. The van der Waals surface area contributed by atoms with Crippen LogP contribution in [0.1, 0.15) is 36.2 Å². The fourth-order valence-corrected chi connectivity index (χ4v) is 4.81. The Kier molecular flexibility index (Phi) is 4.40. The van der Waals surface area contributed by atoms with E-state index in [1.807, 2.05) is 12.1 Å². The molecule has 4 fully saturated rings. The van der Waals surface area contributed by atoms with E-state index in [9.17, 15) is 4.79 Å². The van der Waals surface area contributed by atoms with Crippen molar-refractivity contribution >= 4 is 11.6 Å². The third-order valence-corrected chi connectivity index (χ3v) is 6.40. The number of fused-ring (bicyclic) bond motifs is 3. The van der Waals surface area contributed by atoms with Gasteiger partial charge in [0.2, 0.25) is 0 Å². The third-order valence-electron chi connectivity index (χ3n) is 6.40. The topological polar surface area (TPSA) is 48.7 Å². The van der Waals surface area contributed by atoms with Crippen molar-refractivity contribution < 1.29 is 9.21 Å². The van der Waals surface area contributed by atoms with Gasteiger partial charge >= 0.3 is 0 Å². The van der Waals surface area contributed by atoms with Crippen LogP contribution in [0.3, 0.4) is 0 Å². The molecule has 1 atom stereocenters. The zero-order chi connectivity index (χ0) is 18.2. The lowest BCUT2D eigenvalue weighted by Crippen LogP contribution is -2.57. The Bertz CT molecular complexity index is 816. The number of carbonyl (C=O) groups is 1. The Hall–Kier alpha value is -2.27. The molecular formula is C22H27N3O2. The summed E-state index contributed by atoms with van der Waals surface area (Å²) in [6.45, 7) is 5.57. The molecule has 27 heavy (non-hydrogen) atoms. The first-order chi connectivity index (χ1) is 13.3. The number of nitrogens with zero attached hydrogens (tertiary/aromatic N) is 2. The summed E-state index contributed by atoms with van der Waals surface area (Å²) >= 11 is 0. The molecule has 0 saturated carbocycles. The summed E-state index contributed by atoms with van der Waals surface area (Å²) in [4.78, 5) is 17.5. The number of anilines is 1. The van der Waals surface area contributed by atoms with Gasteiger partial charge < -0.3 is 19.5 Å². The van der Waals surface area contributed by atoms with Gasteiger partial charge in [-0.2, -0.15) is 0 Å². The summed E-state index contributed by atoms with van der Waals surface area (Å²) in [7, 11) is 0. The maximum absolute atomic E-state index is 12.7. The molecule has 2 aromatic rings. The van der Waals surface area contributed by atoms with Crippen LogP contribution in [-0.4, -0.2) is 49.6 Å². The Labute approximate surface area is 160 Å². The molecule has 4 aliphatic heterocycles. The van der Waals surface area contributed by atoms with Crippen molar-refractivity contribution in [3.8, 4) is 11.3 Å². The van der Waals surface area contributed by atoms with Crippen molar-refractivity contribution in [2.24, 2.45) is 5.92 Å². The van der Waals surface area contributed by atoms with Crippen LogP contribution in [0.2, 0.25) is 0 Å². The number of carbonyl (C=O) groups excluding carboxylic acids is 1. The summed E-state index contributed by atoms with van der Waals surface area (Å²) in [5.74, 6) is 1.70. The molecule has 0 unspecified atom stereocenters. The van der Waals surface area contributed by atoms with Crippen LogP contribution in [0.25, 0.3) is 11.3 Å². The highest BCUT2D eigenvalue weighted by molar-refractivity contribution is 5.92. The van der Waals surface area contributed by atoms with Crippen LogP contribution in [0.4, 0.5) is 5.69 Å². The van der Waals surface area contributed by atoms with Crippen molar-refractivity contribution in [2.45, 2.75) is 31.7 Å². The molecule has 142 valence electrons. The van der Waals surface area contributed by atoms with Crippen LogP contribution in [0.5, 0.6) is 0 Å². The van der Waals surface area contributed by atoms with E-state index in [2.05, 4.69) is 33.3 Å². The lowest BCUT2D eigenvalue weighted by Gasteiger charge is -2.44. The highest BCUT2D eigenvalue weighted by Crippen LogP contribution is 2.30. The molecule has 0 radical (unpaired) electrons. The summed E-state index contributed by atoms with van der Waals surface area (Å²) in [6, 6.07) is 12.4. The first-order valence-corrected chi connectivity index (χ1v) is 10.2. The summed E-state index contributed by atoms with van der Waals surface area (Å²) in [5, 5.41) is 3.20. The second-order valence-electron chi connectivity index (χ2n) is 8.13. The minimum atomic E-state index is -0.0873. The Morgan fingerprint density at radius 1 is 1.04 bits per heavy atom. The predicted octanol–water partition coefficient (Wildman–Crippen LogP) is 3.37. The molecule has 5 nitrogen and oxygen atoms in total. The first-order valence-electron chi connectivity index (χ1n) is 10.2. The molecule has 4 saturated heterocycles. The average Bonchev–Trinajstić information content (AvgIpc) is 3.41. The smallest absolute Gasteiger partial charge is 0.287 e. The van der Waals surface area contributed by atoms with Gasteiger partial charge in [-0.1, -0.05) is 12.1 Å². The number of benzene rings is 1. The molecule has 6 rings (SSSR count). The average molecular weight is 365 g/mol. The van der Waals surface area contributed by atoms with Gasteiger partial charge in [0.15, 0.2) is 5.76 Å². The van der Waals surface area contributed by atoms with E-state index in [0.29, 0.717) is 11.7 Å². The molecular weight excluding hydrogens is 338 g/mol. The van der Waals surface area contributed by atoms with Crippen molar-refractivity contribution in [3.05, 3.63) is 42.2 Å².